The fourth-order valence-corrected chi connectivity index (χ4v) is 3.86. The van der Waals surface area contributed by atoms with Gasteiger partial charge in [0.2, 0.25) is 0 Å². The summed E-state index contributed by atoms with van der Waals surface area (Å²) in [6.45, 7) is 3.38. The first-order chi connectivity index (χ1) is 12.6. The lowest BCUT2D eigenvalue weighted by Crippen LogP contribution is -2.56. The molecule has 0 aromatic heterocycles. The molecule has 3 aromatic rings. The molecule has 134 valence electrons. The molecule has 0 saturated heterocycles. The Balaban J connectivity index is 2.43. The van der Waals surface area contributed by atoms with Crippen LogP contribution in [0.4, 0.5) is 0 Å². The van der Waals surface area contributed by atoms with Crippen LogP contribution < -0.4 is 0 Å². The van der Waals surface area contributed by atoms with Gasteiger partial charge in [-0.2, -0.15) is 0 Å². The summed E-state index contributed by atoms with van der Waals surface area (Å²) in [6.07, 6.45) is -1.73. The Morgan fingerprint density at radius 2 is 0.846 bits per heavy atom. The summed E-state index contributed by atoms with van der Waals surface area (Å²) in [7, 11) is 0. The van der Waals surface area contributed by atoms with Crippen molar-refractivity contribution >= 4 is 0 Å². The van der Waals surface area contributed by atoms with Crippen LogP contribution in [-0.4, -0.2) is 27.6 Å². The zero-order chi connectivity index (χ0) is 18.6. The van der Waals surface area contributed by atoms with Crippen LogP contribution in [0.1, 0.15) is 30.5 Å². The zero-order valence-electron chi connectivity index (χ0n) is 15.2. The number of aliphatic hydroxyl groups excluding tert-OH is 2. The monoisotopic (exact) mass is 347 g/mol. The Morgan fingerprint density at radius 3 is 1.08 bits per heavy atom. The molecule has 0 aliphatic carbocycles. The summed E-state index contributed by atoms with van der Waals surface area (Å²) in [5, 5.41) is 21.3. The van der Waals surface area contributed by atoms with Crippen molar-refractivity contribution in [3.05, 3.63) is 108 Å². The summed E-state index contributed by atoms with van der Waals surface area (Å²) in [5.74, 6) is 0. The maximum atomic E-state index is 10.7. The quantitative estimate of drug-likeness (QED) is 0.524. The molecule has 0 aliphatic rings. The summed E-state index contributed by atoms with van der Waals surface area (Å²) in [4.78, 5) is 1.74. The van der Waals surface area contributed by atoms with Crippen LogP contribution in [0.2, 0.25) is 0 Å². The van der Waals surface area contributed by atoms with Gasteiger partial charge in [0.05, 0.1) is 0 Å². The lowest BCUT2D eigenvalue weighted by atomic mass is 9.75. The number of hydrogen-bond acceptors (Lipinski definition) is 3. The SMILES string of the molecule is CC(O)N(C(C)O)C(c1ccccc1)(c1ccccc1)c1ccccc1. The van der Waals surface area contributed by atoms with E-state index in [2.05, 4.69) is 0 Å². The molecule has 3 aromatic carbocycles. The van der Waals surface area contributed by atoms with E-state index in [4.69, 9.17) is 0 Å². The Bertz CT molecular complexity index is 697. The topological polar surface area (TPSA) is 43.7 Å². The van der Waals surface area contributed by atoms with Crippen molar-refractivity contribution in [2.24, 2.45) is 0 Å². The third kappa shape index (κ3) is 3.17. The fraction of sp³-hybridized carbons (Fsp3) is 0.217. The summed E-state index contributed by atoms with van der Waals surface area (Å²) < 4.78 is 0. The molecule has 3 heteroatoms. The summed E-state index contributed by atoms with van der Waals surface area (Å²) in [6, 6.07) is 30.1. The van der Waals surface area contributed by atoms with E-state index in [9.17, 15) is 10.2 Å². The van der Waals surface area contributed by atoms with Crippen LogP contribution in [0.25, 0.3) is 0 Å². The predicted octanol–water partition coefficient (Wildman–Crippen LogP) is 3.96. The minimum absolute atomic E-state index is 0.827. The molecule has 3 nitrogen and oxygen atoms in total. The Labute approximate surface area is 155 Å². The third-order valence-electron chi connectivity index (χ3n) is 4.77. The largest absolute Gasteiger partial charge is 0.379 e. The van der Waals surface area contributed by atoms with E-state index in [1.807, 2.05) is 91.0 Å². The number of nitrogens with zero attached hydrogens (tertiary/aromatic N) is 1. The van der Waals surface area contributed by atoms with Crippen LogP contribution in [0.5, 0.6) is 0 Å². The van der Waals surface area contributed by atoms with Crippen molar-refractivity contribution in [2.75, 3.05) is 0 Å². The van der Waals surface area contributed by atoms with Crippen LogP contribution in [0, 0.1) is 0 Å². The van der Waals surface area contributed by atoms with Crippen molar-refractivity contribution in [3.8, 4) is 0 Å². The molecule has 2 atom stereocenters. The standard InChI is InChI=1S/C23H25NO2/c1-18(25)24(19(2)26)23(20-12-6-3-7-13-20,21-14-8-4-9-15-21)22-16-10-5-11-17-22/h3-19,25-26H,1-2H3. The van der Waals surface area contributed by atoms with E-state index in [1.165, 1.54) is 0 Å². The van der Waals surface area contributed by atoms with Gasteiger partial charge in [-0.1, -0.05) is 91.0 Å². The molecule has 0 radical (unpaired) electrons. The van der Waals surface area contributed by atoms with Gasteiger partial charge in [0.15, 0.2) is 0 Å². The van der Waals surface area contributed by atoms with Gasteiger partial charge >= 0.3 is 0 Å². The Morgan fingerprint density at radius 1 is 0.577 bits per heavy atom. The van der Waals surface area contributed by atoms with Crippen molar-refractivity contribution < 1.29 is 10.2 Å². The molecular formula is C23H25NO2. The second-order valence-corrected chi connectivity index (χ2v) is 6.48. The molecule has 0 heterocycles. The summed E-state index contributed by atoms with van der Waals surface area (Å²) in [5.41, 5.74) is 2.13. The van der Waals surface area contributed by atoms with Crippen LogP contribution in [0.15, 0.2) is 91.0 Å². The molecule has 2 unspecified atom stereocenters. The van der Waals surface area contributed by atoms with Gasteiger partial charge in [-0.25, -0.2) is 4.90 Å². The van der Waals surface area contributed by atoms with Gasteiger partial charge in [-0.05, 0) is 30.5 Å². The number of aliphatic hydroxyl groups is 2. The van der Waals surface area contributed by atoms with Crippen LogP contribution >= 0.6 is 0 Å². The van der Waals surface area contributed by atoms with Gasteiger partial charge in [0.1, 0.15) is 18.0 Å². The second kappa shape index (κ2) is 7.83. The molecule has 0 bridgehead atoms. The fourth-order valence-electron chi connectivity index (χ4n) is 3.86. The highest BCUT2D eigenvalue weighted by atomic mass is 16.3. The van der Waals surface area contributed by atoms with E-state index < -0.39 is 18.0 Å². The molecule has 0 fully saturated rings. The normalized spacial score (nSPS) is 14.2. The highest BCUT2D eigenvalue weighted by Gasteiger charge is 2.45. The first-order valence-electron chi connectivity index (χ1n) is 8.89. The van der Waals surface area contributed by atoms with E-state index >= 15 is 0 Å². The van der Waals surface area contributed by atoms with Crippen molar-refractivity contribution in [2.45, 2.75) is 31.8 Å². The first kappa shape index (κ1) is 18.3. The summed E-state index contributed by atoms with van der Waals surface area (Å²) >= 11 is 0. The predicted molar refractivity (Wildman–Crippen MR) is 104 cm³/mol. The molecular weight excluding hydrogens is 322 g/mol. The van der Waals surface area contributed by atoms with Crippen LogP contribution in [0.3, 0.4) is 0 Å². The first-order valence-corrected chi connectivity index (χ1v) is 8.89. The van der Waals surface area contributed by atoms with E-state index in [-0.39, 0.29) is 0 Å². The van der Waals surface area contributed by atoms with Gasteiger partial charge in [-0.3, -0.25) is 0 Å². The Hall–Kier alpha value is -2.46. The highest BCUT2D eigenvalue weighted by molar-refractivity contribution is 5.49. The molecule has 0 aliphatic heterocycles. The van der Waals surface area contributed by atoms with Gasteiger partial charge in [0, 0.05) is 0 Å². The van der Waals surface area contributed by atoms with Crippen molar-refractivity contribution in [3.63, 3.8) is 0 Å². The average Bonchev–Trinajstić information content (AvgIpc) is 2.67. The Kier molecular flexibility index (Phi) is 5.52. The minimum Gasteiger partial charge on any atom is -0.379 e. The molecule has 2 N–H and O–H groups in total. The second-order valence-electron chi connectivity index (χ2n) is 6.48. The smallest absolute Gasteiger partial charge is 0.107 e. The van der Waals surface area contributed by atoms with E-state index in [0.717, 1.165) is 16.7 Å². The lowest BCUT2D eigenvalue weighted by molar-refractivity contribution is -0.126. The van der Waals surface area contributed by atoms with Gasteiger partial charge in [-0.15, -0.1) is 0 Å². The number of hydrogen-bond donors (Lipinski definition) is 2. The molecule has 0 saturated carbocycles. The maximum absolute atomic E-state index is 10.7. The van der Waals surface area contributed by atoms with Crippen molar-refractivity contribution in [1.82, 2.24) is 4.90 Å². The number of rotatable bonds is 6. The van der Waals surface area contributed by atoms with Gasteiger partial charge in [0.25, 0.3) is 0 Å². The molecule has 3 rings (SSSR count). The van der Waals surface area contributed by atoms with E-state index in [0.29, 0.717) is 0 Å². The molecule has 0 amide bonds. The van der Waals surface area contributed by atoms with Crippen molar-refractivity contribution in [1.29, 1.82) is 0 Å². The maximum Gasteiger partial charge on any atom is 0.107 e. The molecule has 26 heavy (non-hydrogen) atoms. The zero-order valence-corrected chi connectivity index (χ0v) is 15.2. The third-order valence-corrected chi connectivity index (χ3v) is 4.77. The lowest BCUT2D eigenvalue weighted by Gasteiger charge is -2.48. The average molecular weight is 347 g/mol. The van der Waals surface area contributed by atoms with Gasteiger partial charge < -0.3 is 10.2 Å². The minimum atomic E-state index is -0.865. The van der Waals surface area contributed by atoms with Crippen LogP contribution in [-0.2, 0) is 5.54 Å². The molecule has 0 spiro atoms. The van der Waals surface area contributed by atoms with E-state index in [1.54, 1.807) is 18.7 Å². The highest BCUT2D eigenvalue weighted by Crippen LogP contribution is 2.43. The number of benzene rings is 3.